The van der Waals surface area contributed by atoms with Crippen molar-refractivity contribution in [2.75, 3.05) is 13.7 Å². The largest absolute Gasteiger partial charge is 0.465 e. The fourth-order valence-electron chi connectivity index (χ4n) is 3.03. The summed E-state index contributed by atoms with van der Waals surface area (Å²) in [5, 5.41) is 39.3. The molecule has 2 aromatic rings. The van der Waals surface area contributed by atoms with Gasteiger partial charge in [-0.2, -0.15) is 0 Å². The molecule has 0 unspecified atom stereocenters. The number of benzene rings is 2. The van der Waals surface area contributed by atoms with Crippen LogP contribution in [0.2, 0.25) is 0 Å². The maximum absolute atomic E-state index is 11.8. The standard InChI is InChI=1S/C20H22O8/c1-26-19(25)12-6-4-5-11(9-12)13-7-2-3-8-14(13)27-20-18(24)17(23)16(22)15(10-21)28-20/h2-9,15-18,20-24H,10H2,1H3/t15-,16-,17-,18+,20+/m1/s1. The van der Waals surface area contributed by atoms with Gasteiger partial charge in [-0.25, -0.2) is 4.79 Å². The second-order valence-corrected chi connectivity index (χ2v) is 6.38. The van der Waals surface area contributed by atoms with Crippen molar-refractivity contribution in [2.24, 2.45) is 0 Å². The van der Waals surface area contributed by atoms with Crippen molar-refractivity contribution in [3.05, 3.63) is 54.1 Å². The molecule has 8 heteroatoms. The van der Waals surface area contributed by atoms with Crippen molar-refractivity contribution in [2.45, 2.75) is 30.7 Å². The predicted octanol–water partition coefficient (Wildman–Crippen LogP) is 0.319. The zero-order valence-corrected chi connectivity index (χ0v) is 15.1. The maximum Gasteiger partial charge on any atom is 0.337 e. The summed E-state index contributed by atoms with van der Waals surface area (Å²) in [5.74, 6) is -0.150. The quantitative estimate of drug-likeness (QED) is 0.538. The van der Waals surface area contributed by atoms with E-state index in [1.807, 2.05) is 0 Å². The molecule has 0 amide bonds. The summed E-state index contributed by atoms with van der Waals surface area (Å²) in [7, 11) is 1.30. The van der Waals surface area contributed by atoms with Crippen molar-refractivity contribution in [1.29, 1.82) is 0 Å². The molecule has 1 aliphatic heterocycles. The smallest absolute Gasteiger partial charge is 0.337 e. The van der Waals surface area contributed by atoms with Gasteiger partial charge >= 0.3 is 5.97 Å². The summed E-state index contributed by atoms with van der Waals surface area (Å²) in [4.78, 5) is 11.8. The molecule has 3 rings (SSSR count). The van der Waals surface area contributed by atoms with Gasteiger partial charge in [0.15, 0.2) is 0 Å². The molecule has 150 valence electrons. The molecule has 4 N–H and O–H groups in total. The summed E-state index contributed by atoms with van der Waals surface area (Å²) in [6, 6.07) is 13.6. The summed E-state index contributed by atoms with van der Waals surface area (Å²) >= 11 is 0. The Morgan fingerprint density at radius 1 is 1.04 bits per heavy atom. The normalized spacial score (nSPS) is 27.2. The third kappa shape index (κ3) is 4.01. The number of carbonyl (C=O) groups excluding carboxylic acids is 1. The van der Waals surface area contributed by atoms with Crippen LogP contribution in [0, 0.1) is 0 Å². The summed E-state index contributed by atoms with van der Waals surface area (Å²) in [6.45, 7) is -0.548. The van der Waals surface area contributed by atoms with E-state index in [0.29, 0.717) is 22.4 Å². The van der Waals surface area contributed by atoms with Gasteiger partial charge in [0, 0.05) is 5.56 Å². The van der Waals surface area contributed by atoms with Gasteiger partial charge in [0.25, 0.3) is 0 Å². The lowest BCUT2D eigenvalue weighted by atomic mass is 9.99. The zero-order chi connectivity index (χ0) is 20.3. The molecule has 0 bridgehead atoms. The molecule has 2 aromatic carbocycles. The average molecular weight is 390 g/mol. The van der Waals surface area contributed by atoms with Crippen LogP contribution in [-0.4, -0.2) is 70.8 Å². The van der Waals surface area contributed by atoms with Gasteiger partial charge in [0.1, 0.15) is 30.2 Å². The van der Waals surface area contributed by atoms with Crippen molar-refractivity contribution in [3.8, 4) is 16.9 Å². The Bertz CT molecular complexity index is 821. The minimum absolute atomic E-state index is 0.328. The fourth-order valence-corrected chi connectivity index (χ4v) is 3.03. The highest BCUT2D eigenvalue weighted by atomic mass is 16.7. The lowest BCUT2D eigenvalue weighted by Crippen LogP contribution is -2.60. The molecular weight excluding hydrogens is 368 g/mol. The number of aliphatic hydroxyl groups is 4. The molecule has 0 saturated carbocycles. The molecule has 1 aliphatic rings. The van der Waals surface area contributed by atoms with Gasteiger partial charge in [-0.15, -0.1) is 0 Å². The summed E-state index contributed by atoms with van der Waals surface area (Å²) in [5.41, 5.74) is 1.65. The van der Waals surface area contributed by atoms with Gasteiger partial charge in [-0.05, 0) is 23.8 Å². The van der Waals surface area contributed by atoms with Gasteiger partial charge in [0.05, 0.1) is 19.3 Å². The molecular formula is C20H22O8. The Labute approximate surface area is 161 Å². The van der Waals surface area contributed by atoms with E-state index < -0.39 is 43.3 Å². The molecule has 1 fully saturated rings. The first-order chi connectivity index (χ1) is 13.5. The number of esters is 1. The van der Waals surface area contributed by atoms with Crippen LogP contribution in [0.25, 0.3) is 11.1 Å². The van der Waals surface area contributed by atoms with Gasteiger partial charge in [0.2, 0.25) is 6.29 Å². The topological polar surface area (TPSA) is 126 Å². The minimum Gasteiger partial charge on any atom is -0.465 e. The van der Waals surface area contributed by atoms with Gasteiger partial charge in [-0.1, -0.05) is 30.3 Å². The molecule has 8 nitrogen and oxygen atoms in total. The SMILES string of the molecule is COC(=O)c1cccc(-c2ccccc2O[C@H]2O[C@H](CO)[C@@H](O)[C@@H](O)[C@@H]2O)c1. The lowest BCUT2D eigenvalue weighted by molar-refractivity contribution is -0.277. The molecule has 0 aromatic heterocycles. The van der Waals surface area contributed by atoms with E-state index >= 15 is 0 Å². The molecule has 0 aliphatic carbocycles. The van der Waals surface area contributed by atoms with Crippen molar-refractivity contribution in [3.63, 3.8) is 0 Å². The number of carbonyl (C=O) groups is 1. The van der Waals surface area contributed by atoms with Crippen molar-refractivity contribution in [1.82, 2.24) is 0 Å². The van der Waals surface area contributed by atoms with Gasteiger partial charge < -0.3 is 34.6 Å². The number of methoxy groups -OCH3 is 1. The Morgan fingerprint density at radius 2 is 1.79 bits per heavy atom. The van der Waals surface area contributed by atoms with Crippen LogP contribution in [-0.2, 0) is 9.47 Å². The number of ether oxygens (including phenoxy) is 3. The maximum atomic E-state index is 11.8. The molecule has 1 saturated heterocycles. The first-order valence-electron chi connectivity index (χ1n) is 8.71. The van der Waals surface area contributed by atoms with Crippen LogP contribution < -0.4 is 4.74 Å². The van der Waals surface area contributed by atoms with Gasteiger partial charge in [-0.3, -0.25) is 0 Å². The Balaban J connectivity index is 1.90. The molecule has 0 radical (unpaired) electrons. The third-order valence-corrected chi connectivity index (χ3v) is 4.57. The van der Waals surface area contributed by atoms with Crippen LogP contribution in [0.15, 0.2) is 48.5 Å². The highest BCUT2D eigenvalue weighted by molar-refractivity contribution is 5.91. The minimum atomic E-state index is -1.54. The zero-order valence-electron chi connectivity index (χ0n) is 15.1. The van der Waals surface area contributed by atoms with Crippen LogP contribution >= 0.6 is 0 Å². The van der Waals surface area contributed by atoms with E-state index in [0.717, 1.165) is 0 Å². The van der Waals surface area contributed by atoms with Crippen LogP contribution in [0.3, 0.4) is 0 Å². The second-order valence-electron chi connectivity index (χ2n) is 6.38. The average Bonchev–Trinajstić information content (AvgIpc) is 2.74. The number of hydrogen-bond acceptors (Lipinski definition) is 8. The van der Waals surface area contributed by atoms with E-state index in [4.69, 9.17) is 14.2 Å². The van der Waals surface area contributed by atoms with E-state index in [1.54, 1.807) is 48.5 Å². The van der Waals surface area contributed by atoms with Crippen molar-refractivity contribution < 1.29 is 39.4 Å². The monoisotopic (exact) mass is 390 g/mol. The Morgan fingerprint density at radius 3 is 2.50 bits per heavy atom. The van der Waals surface area contributed by atoms with Crippen LogP contribution in [0.4, 0.5) is 0 Å². The Kier molecular flexibility index (Phi) is 6.28. The predicted molar refractivity (Wildman–Crippen MR) is 97.6 cm³/mol. The van der Waals surface area contributed by atoms with Crippen LogP contribution in [0.5, 0.6) is 5.75 Å². The molecule has 0 spiro atoms. The Hall–Kier alpha value is -2.49. The fraction of sp³-hybridized carbons (Fsp3) is 0.350. The van der Waals surface area contributed by atoms with E-state index in [1.165, 1.54) is 7.11 Å². The van der Waals surface area contributed by atoms with Crippen molar-refractivity contribution >= 4 is 5.97 Å². The summed E-state index contributed by atoms with van der Waals surface area (Å²) < 4.78 is 15.9. The number of rotatable bonds is 5. The van der Waals surface area contributed by atoms with E-state index in [2.05, 4.69) is 0 Å². The highest BCUT2D eigenvalue weighted by Gasteiger charge is 2.44. The molecule has 1 heterocycles. The number of para-hydroxylation sites is 1. The summed E-state index contributed by atoms with van der Waals surface area (Å²) in [6.07, 6.45) is -6.90. The number of hydrogen-bond donors (Lipinski definition) is 4. The van der Waals surface area contributed by atoms with E-state index in [9.17, 15) is 25.2 Å². The first kappa shape index (κ1) is 20.2. The first-order valence-corrected chi connectivity index (χ1v) is 8.71. The third-order valence-electron chi connectivity index (χ3n) is 4.57. The second kappa shape index (κ2) is 8.68. The molecule has 5 atom stereocenters. The van der Waals surface area contributed by atoms with E-state index in [-0.39, 0.29) is 0 Å². The van der Waals surface area contributed by atoms with Crippen LogP contribution in [0.1, 0.15) is 10.4 Å². The molecule has 28 heavy (non-hydrogen) atoms. The highest BCUT2D eigenvalue weighted by Crippen LogP contribution is 2.33. The number of aliphatic hydroxyl groups excluding tert-OH is 4. The lowest BCUT2D eigenvalue weighted by Gasteiger charge is -2.39.